The summed E-state index contributed by atoms with van der Waals surface area (Å²) in [5, 5.41) is 7.65. The molecule has 0 spiro atoms. The Kier molecular flexibility index (Phi) is 5.42. The zero-order valence-electron chi connectivity index (χ0n) is 12.9. The van der Waals surface area contributed by atoms with E-state index in [4.69, 9.17) is 4.74 Å². The number of amides is 2. The van der Waals surface area contributed by atoms with Crippen LogP contribution in [-0.4, -0.2) is 11.0 Å². The Hall–Kier alpha value is -2.86. The van der Waals surface area contributed by atoms with Gasteiger partial charge in [0.2, 0.25) is 5.88 Å². The van der Waals surface area contributed by atoms with E-state index in [1.54, 1.807) is 23.6 Å². The molecule has 24 heavy (non-hydrogen) atoms. The van der Waals surface area contributed by atoms with Gasteiger partial charge in [-0.1, -0.05) is 24.3 Å². The first-order valence-corrected chi connectivity index (χ1v) is 8.39. The van der Waals surface area contributed by atoms with Crippen molar-refractivity contribution in [2.75, 3.05) is 0 Å². The van der Waals surface area contributed by atoms with Crippen molar-refractivity contribution in [2.24, 2.45) is 0 Å². The molecular formula is C18H17N3O2S. The Morgan fingerprint density at radius 3 is 2.75 bits per heavy atom. The first-order chi connectivity index (χ1) is 11.8. The maximum absolute atomic E-state index is 11.8. The van der Waals surface area contributed by atoms with Crippen molar-refractivity contribution in [3.63, 3.8) is 0 Å². The Morgan fingerprint density at radius 1 is 1.04 bits per heavy atom. The molecule has 3 rings (SSSR count). The van der Waals surface area contributed by atoms with Gasteiger partial charge in [-0.3, -0.25) is 0 Å². The summed E-state index contributed by atoms with van der Waals surface area (Å²) in [5.74, 6) is 1.23. The Labute approximate surface area is 144 Å². The van der Waals surface area contributed by atoms with Gasteiger partial charge in [-0.05, 0) is 35.2 Å². The Bertz CT molecular complexity index is 776. The molecule has 0 unspecified atom stereocenters. The maximum Gasteiger partial charge on any atom is 0.315 e. The summed E-state index contributed by atoms with van der Waals surface area (Å²) in [6.07, 6.45) is 1.68. The van der Waals surface area contributed by atoms with E-state index in [9.17, 15) is 4.79 Å². The van der Waals surface area contributed by atoms with Gasteiger partial charge >= 0.3 is 6.03 Å². The molecule has 0 saturated heterocycles. The van der Waals surface area contributed by atoms with Crippen LogP contribution in [-0.2, 0) is 13.1 Å². The molecule has 5 nitrogen and oxygen atoms in total. The predicted octanol–water partition coefficient (Wildman–Crippen LogP) is 3.93. The Morgan fingerprint density at radius 2 is 1.96 bits per heavy atom. The number of hydrogen-bond acceptors (Lipinski definition) is 4. The first-order valence-electron chi connectivity index (χ1n) is 7.51. The quantitative estimate of drug-likeness (QED) is 0.715. The number of aromatic nitrogens is 1. The first kappa shape index (κ1) is 16.0. The van der Waals surface area contributed by atoms with Crippen LogP contribution in [0, 0.1) is 0 Å². The van der Waals surface area contributed by atoms with Crippen LogP contribution in [0.15, 0.2) is 66.2 Å². The number of urea groups is 1. The number of carbonyl (C=O) groups excluding carboxylic acids is 1. The molecule has 0 bridgehead atoms. The summed E-state index contributed by atoms with van der Waals surface area (Å²) in [6.45, 7) is 0.960. The summed E-state index contributed by atoms with van der Waals surface area (Å²) >= 11 is 1.62. The third kappa shape index (κ3) is 4.82. The van der Waals surface area contributed by atoms with E-state index < -0.39 is 0 Å². The SMILES string of the molecule is O=C(NCc1cccc(Oc2ccccn2)c1)NCc1cccs1. The van der Waals surface area contributed by atoms with Crippen LogP contribution in [0.3, 0.4) is 0 Å². The maximum atomic E-state index is 11.8. The minimum absolute atomic E-state index is 0.195. The lowest BCUT2D eigenvalue weighted by Gasteiger charge is -2.09. The average Bonchev–Trinajstić information content (AvgIpc) is 3.13. The lowest BCUT2D eigenvalue weighted by atomic mass is 10.2. The smallest absolute Gasteiger partial charge is 0.315 e. The summed E-state index contributed by atoms with van der Waals surface area (Å²) in [4.78, 5) is 17.1. The molecule has 0 aliphatic rings. The zero-order valence-corrected chi connectivity index (χ0v) is 13.8. The second kappa shape index (κ2) is 8.12. The predicted molar refractivity (Wildman–Crippen MR) is 94.1 cm³/mol. The van der Waals surface area contributed by atoms with Crippen molar-refractivity contribution in [2.45, 2.75) is 13.1 Å². The summed E-state index contributed by atoms with van der Waals surface area (Å²) in [6, 6.07) is 16.8. The summed E-state index contributed by atoms with van der Waals surface area (Å²) < 4.78 is 5.68. The molecule has 2 heterocycles. The standard InChI is InChI=1S/C18H17N3O2S/c22-18(21-13-16-7-4-10-24-16)20-12-14-5-3-6-15(11-14)23-17-8-1-2-9-19-17/h1-11H,12-13H2,(H2,20,21,22). The van der Waals surface area contributed by atoms with Crippen molar-refractivity contribution in [3.05, 3.63) is 76.6 Å². The molecule has 6 heteroatoms. The second-order valence-corrected chi connectivity index (χ2v) is 6.07. The van der Waals surface area contributed by atoms with Crippen LogP contribution in [0.2, 0.25) is 0 Å². The van der Waals surface area contributed by atoms with E-state index in [0.29, 0.717) is 24.7 Å². The van der Waals surface area contributed by atoms with Crippen LogP contribution in [0.5, 0.6) is 11.6 Å². The van der Waals surface area contributed by atoms with Crippen LogP contribution >= 0.6 is 11.3 Å². The topological polar surface area (TPSA) is 63.2 Å². The van der Waals surface area contributed by atoms with Crippen molar-refractivity contribution in [1.82, 2.24) is 15.6 Å². The van der Waals surface area contributed by atoms with E-state index in [1.165, 1.54) is 0 Å². The molecule has 2 N–H and O–H groups in total. The van der Waals surface area contributed by atoms with Gasteiger partial charge in [0.25, 0.3) is 0 Å². The van der Waals surface area contributed by atoms with Crippen LogP contribution in [0.25, 0.3) is 0 Å². The number of benzene rings is 1. The van der Waals surface area contributed by atoms with Crippen molar-refractivity contribution in [3.8, 4) is 11.6 Å². The molecule has 122 valence electrons. The number of nitrogens with zero attached hydrogens (tertiary/aromatic N) is 1. The molecule has 1 aromatic carbocycles. The van der Waals surface area contributed by atoms with Gasteiger partial charge in [0.1, 0.15) is 5.75 Å². The Balaban J connectivity index is 1.50. The van der Waals surface area contributed by atoms with Crippen molar-refractivity contribution >= 4 is 17.4 Å². The van der Waals surface area contributed by atoms with Crippen LogP contribution in [0.1, 0.15) is 10.4 Å². The number of hydrogen-bond donors (Lipinski definition) is 2. The van der Waals surface area contributed by atoms with Crippen LogP contribution < -0.4 is 15.4 Å². The highest BCUT2D eigenvalue weighted by Crippen LogP contribution is 2.19. The summed E-state index contributed by atoms with van der Waals surface area (Å²) in [5.41, 5.74) is 0.953. The van der Waals surface area contributed by atoms with E-state index >= 15 is 0 Å². The molecule has 0 aliphatic carbocycles. The van der Waals surface area contributed by atoms with Crippen molar-refractivity contribution < 1.29 is 9.53 Å². The second-order valence-electron chi connectivity index (χ2n) is 5.03. The lowest BCUT2D eigenvalue weighted by Crippen LogP contribution is -2.34. The molecule has 3 aromatic rings. The third-order valence-corrected chi connectivity index (χ3v) is 4.09. The number of rotatable bonds is 6. The van der Waals surface area contributed by atoms with Gasteiger partial charge in [-0.25, -0.2) is 9.78 Å². The summed E-state index contributed by atoms with van der Waals surface area (Å²) in [7, 11) is 0. The molecule has 0 radical (unpaired) electrons. The van der Waals surface area contributed by atoms with E-state index in [2.05, 4.69) is 15.6 Å². The van der Waals surface area contributed by atoms with Gasteiger partial charge < -0.3 is 15.4 Å². The van der Waals surface area contributed by atoms with Gasteiger partial charge in [0, 0.05) is 23.7 Å². The van der Waals surface area contributed by atoms with Crippen molar-refractivity contribution in [1.29, 1.82) is 0 Å². The molecule has 0 fully saturated rings. The number of thiophene rings is 1. The monoisotopic (exact) mass is 339 g/mol. The average molecular weight is 339 g/mol. The molecule has 0 saturated carbocycles. The number of nitrogens with one attached hydrogen (secondary N) is 2. The molecule has 2 aromatic heterocycles. The number of ether oxygens (including phenoxy) is 1. The van der Waals surface area contributed by atoms with Gasteiger partial charge in [0.15, 0.2) is 0 Å². The highest BCUT2D eigenvalue weighted by molar-refractivity contribution is 7.09. The third-order valence-electron chi connectivity index (χ3n) is 3.21. The van der Waals surface area contributed by atoms with E-state index in [1.807, 2.05) is 53.9 Å². The molecule has 2 amide bonds. The van der Waals surface area contributed by atoms with Gasteiger partial charge in [0.05, 0.1) is 6.54 Å². The van der Waals surface area contributed by atoms with E-state index in [0.717, 1.165) is 10.4 Å². The molecule has 0 aliphatic heterocycles. The van der Waals surface area contributed by atoms with Gasteiger partial charge in [-0.15, -0.1) is 11.3 Å². The van der Waals surface area contributed by atoms with Crippen LogP contribution in [0.4, 0.5) is 4.79 Å². The normalized spacial score (nSPS) is 10.2. The number of carbonyl (C=O) groups is 1. The fourth-order valence-corrected chi connectivity index (χ4v) is 2.72. The lowest BCUT2D eigenvalue weighted by molar-refractivity contribution is 0.240. The van der Waals surface area contributed by atoms with E-state index in [-0.39, 0.29) is 6.03 Å². The fourth-order valence-electron chi connectivity index (χ4n) is 2.07. The minimum atomic E-state index is -0.195. The largest absolute Gasteiger partial charge is 0.439 e. The molecular weight excluding hydrogens is 322 g/mol. The number of pyridine rings is 1. The minimum Gasteiger partial charge on any atom is -0.439 e. The van der Waals surface area contributed by atoms with Gasteiger partial charge in [-0.2, -0.15) is 0 Å². The fraction of sp³-hybridized carbons (Fsp3) is 0.111. The zero-order chi connectivity index (χ0) is 16.6. The highest BCUT2D eigenvalue weighted by atomic mass is 32.1. The highest BCUT2D eigenvalue weighted by Gasteiger charge is 2.03. The molecule has 0 atom stereocenters.